The Kier molecular flexibility index (Phi) is 6.43. The van der Waals surface area contributed by atoms with Crippen LogP contribution in [0.5, 0.6) is 0 Å². The van der Waals surface area contributed by atoms with Crippen molar-refractivity contribution in [3.8, 4) is 0 Å². The monoisotopic (exact) mass is 335 g/mol. The number of ether oxygens (including phenoxy) is 1. The number of methoxy groups -OCH3 is 1. The van der Waals surface area contributed by atoms with Crippen LogP contribution in [0, 0.1) is 0 Å². The first kappa shape index (κ1) is 18.5. The summed E-state index contributed by atoms with van der Waals surface area (Å²) < 4.78 is 34.3. The number of rotatable bonds is 8. The maximum Gasteiger partial charge on any atom is 0.300 e. The van der Waals surface area contributed by atoms with Crippen molar-refractivity contribution in [3.05, 3.63) is 71.8 Å². The molecule has 0 aliphatic carbocycles. The van der Waals surface area contributed by atoms with Gasteiger partial charge in [-0.05, 0) is 24.0 Å². The molecule has 0 aliphatic heterocycles. The first-order chi connectivity index (χ1) is 11.5. The highest BCUT2D eigenvalue weighted by Gasteiger charge is 2.49. The Morgan fingerprint density at radius 3 is 2.12 bits per heavy atom. The quantitative estimate of drug-likeness (QED) is 0.778. The minimum Gasteiger partial charge on any atom is -0.387 e. The summed E-state index contributed by atoms with van der Waals surface area (Å²) in [4.78, 5) is 0. The molecule has 0 spiro atoms. The Morgan fingerprint density at radius 1 is 1.04 bits per heavy atom. The van der Waals surface area contributed by atoms with E-state index >= 15 is 0 Å². The van der Waals surface area contributed by atoms with Gasteiger partial charge in [0.2, 0.25) is 0 Å². The summed E-state index contributed by atoms with van der Waals surface area (Å²) in [5, 5.41) is 10.1. The van der Waals surface area contributed by atoms with E-state index in [9.17, 15) is 13.9 Å². The molecule has 2 aromatic carbocycles. The van der Waals surface area contributed by atoms with Crippen LogP contribution in [0.2, 0.25) is 0 Å². The number of aliphatic hydroxyl groups is 1. The van der Waals surface area contributed by atoms with Crippen LogP contribution in [-0.4, -0.2) is 30.3 Å². The van der Waals surface area contributed by atoms with Crippen molar-refractivity contribution in [1.82, 2.24) is 0 Å². The molecule has 2 rings (SSSR count). The zero-order valence-electron chi connectivity index (χ0n) is 13.6. The SMILES string of the molecule is COC(C(N)c1ccccc1)C(F)(F)C(O)CCc1ccccc1. The summed E-state index contributed by atoms with van der Waals surface area (Å²) in [6, 6.07) is 16.8. The topological polar surface area (TPSA) is 55.5 Å². The summed E-state index contributed by atoms with van der Waals surface area (Å²) in [5.74, 6) is -3.46. The number of aliphatic hydroxyl groups excluding tert-OH is 1. The number of hydrogen-bond acceptors (Lipinski definition) is 3. The molecule has 5 heteroatoms. The third-order valence-corrected chi connectivity index (χ3v) is 4.14. The molecule has 0 radical (unpaired) electrons. The number of aryl methyl sites for hydroxylation is 1. The third kappa shape index (κ3) is 4.38. The second-order valence-corrected chi connectivity index (χ2v) is 5.81. The van der Waals surface area contributed by atoms with Gasteiger partial charge in [-0.25, -0.2) is 8.78 Å². The lowest BCUT2D eigenvalue weighted by Gasteiger charge is -2.33. The number of alkyl halides is 2. The number of nitrogens with two attached hydrogens (primary N) is 1. The molecule has 0 fully saturated rings. The van der Waals surface area contributed by atoms with E-state index in [0.29, 0.717) is 12.0 Å². The lowest BCUT2D eigenvalue weighted by atomic mass is 9.92. The molecule has 0 saturated heterocycles. The average molecular weight is 335 g/mol. The lowest BCUT2D eigenvalue weighted by molar-refractivity contribution is -0.193. The smallest absolute Gasteiger partial charge is 0.300 e. The standard InChI is InChI=1S/C19H23F2NO2/c1-24-18(17(22)15-10-6-3-7-11-15)19(20,21)16(23)13-12-14-8-4-2-5-9-14/h2-11,16-18,23H,12-13,22H2,1H3. The van der Waals surface area contributed by atoms with Crippen LogP contribution in [0.25, 0.3) is 0 Å². The molecule has 0 amide bonds. The zero-order chi connectivity index (χ0) is 17.6. The van der Waals surface area contributed by atoms with Crippen LogP contribution >= 0.6 is 0 Å². The van der Waals surface area contributed by atoms with Gasteiger partial charge in [-0.15, -0.1) is 0 Å². The van der Waals surface area contributed by atoms with Gasteiger partial charge in [0.15, 0.2) is 0 Å². The van der Waals surface area contributed by atoms with E-state index in [0.717, 1.165) is 5.56 Å². The predicted octanol–water partition coefficient (Wildman–Crippen LogP) is 3.33. The van der Waals surface area contributed by atoms with E-state index in [-0.39, 0.29) is 6.42 Å². The minimum absolute atomic E-state index is 0.0710. The maximum absolute atomic E-state index is 14.7. The molecule has 24 heavy (non-hydrogen) atoms. The van der Waals surface area contributed by atoms with Crippen LogP contribution in [0.1, 0.15) is 23.6 Å². The highest BCUT2D eigenvalue weighted by molar-refractivity contribution is 5.21. The van der Waals surface area contributed by atoms with Crippen LogP contribution in [0.3, 0.4) is 0 Å². The fraction of sp³-hybridized carbons (Fsp3) is 0.368. The molecule has 130 valence electrons. The highest BCUT2D eigenvalue weighted by Crippen LogP contribution is 2.34. The lowest BCUT2D eigenvalue weighted by Crippen LogP contribution is -2.50. The molecule has 0 heterocycles. The van der Waals surface area contributed by atoms with Crippen molar-refractivity contribution >= 4 is 0 Å². The molecule has 3 N–H and O–H groups in total. The van der Waals surface area contributed by atoms with E-state index in [2.05, 4.69) is 0 Å². The Balaban J connectivity index is 2.07. The molecule has 0 saturated carbocycles. The summed E-state index contributed by atoms with van der Waals surface area (Å²) >= 11 is 0. The Morgan fingerprint density at radius 2 is 1.58 bits per heavy atom. The average Bonchev–Trinajstić information content (AvgIpc) is 2.61. The predicted molar refractivity (Wildman–Crippen MR) is 89.9 cm³/mol. The van der Waals surface area contributed by atoms with Crippen molar-refractivity contribution in [3.63, 3.8) is 0 Å². The van der Waals surface area contributed by atoms with Gasteiger partial charge in [0.05, 0.1) is 6.04 Å². The van der Waals surface area contributed by atoms with Crippen molar-refractivity contribution in [2.24, 2.45) is 5.73 Å². The van der Waals surface area contributed by atoms with Crippen LogP contribution in [0.15, 0.2) is 60.7 Å². The highest BCUT2D eigenvalue weighted by atomic mass is 19.3. The number of halogens is 2. The third-order valence-electron chi connectivity index (χ3n) is 4.14. The van der Waals surface area contributed by atoms with Gasteiger partial charge in [-0.1, -0.05) is 60.7 Å². The summed E-state index contributed by atoms with van der Waals surface area (Å²) in [7, 11) is 1.19. The molecular formula is C19H23F2NO2. The molecule has 3 unspecified atom stereocenters. The van der Waals surface area contributed by atoms with E-state index in [1.807, 2.05) is 30.3 Å². The van der Waals surface area contributed by atoms with Crippen molar-refractivity contribution < 1.29 is 18.6 Å². The largest absolute Gasteiger partial charge is 0.387 e. The first-order valence-electron chi connectivity index (χ1n) is 7.90. The fourth-order valence-electron chi connectivity index (χ4n) is 2.72. The Labute approximate surface area is 141 Å². The summed E-state index contributed by atoms with van der Waals surface area (Å²) in [5.41, 5.74) is 7.40. The van der Waals surface area contributed by atoms with Gasteiger partial charge >= 0.3 is 5.92 Å². The van der Waals surface area contributed by atoms with Gasteiger partial charge < -0.3 is 15.6 Å². The van der Waals surface area contributed by atoms with E-state index in [1.54, 1.807) is 30.3 Å². The number of benzene rings is 2. The Hall–Kier alpha value is -1.82. The van der Waals surface area contributed by atoms with Crippen LogP contribution < -0.4 is 5.73 Å². The molecule has 0 bridgehead atoms. The molecule has 3 atom stereocenters. The van der Waals surface area contributed by atoms with Crippen molar-refractivity contribution in [2.75, 3.05) is 7.11 Å². The van der Waals surface area contributed by atoms with Gasteiger partial charge in [0.25, 0.3) is 0 Å². The Bertz CT molecular complexity index is 607. The van der Waals surface area contributed by atoms with Crippen LogP contribution in [-0.2, 0) is 11.2 Å². The maximum atomic E-state index is 14.7. The summed E-state index contributed by atoms with van der Waals surface area (Å²) in [6.45, 7) is 0. The molecule has 0 aromatic heterocycles. The molecule has 2 aromatic rings. The fourth-order valence-corrected chi connectivity index (χ4v) is 2.72. The number of hydrogen-bond donors (Lipinski definition) is 2. The molecular weight excluding hydrogens is 312 g/mol. The van der Waals surface area contributed by atoms with Crippen molar-refractivity contribution in [1.29, 1.82) is 0 Å². The summed E-state index contributed by atoms with van der Waals surface area (Å²) in [6.07, 6.45) is -3.16. The first-order valence-corrected chi connectivity index (χ1v) is 7.90. The van der Waals surface area contributed by atoms with Gasteiger partial charge in [-0.2, -0.15) is 0 Å². The van der Waals surface area contributed by atoms with Gasteiger partial charge in [0.1, 0.15) is 12.2 Å². The van der Waals surface area contributed by atoms with E-state index in [1.165, 1.54) is 7.11 Å². The van der Waals surface area contributed by atoms with Crippen molar-refractivity contribution in [2.45, 2.75) is 37.0 Å². The normalized spacial score (nSPS) is 15.7. The van der Waals surface area contributed by atoms with Gasteiger partial charge in [-0.3, -0.25) is 0 Å². The molecule has 0 aliphatic rings. The minimum atomic E-state index is -3.46. The van der Waals surface area contributed by atoms with Gasteiger partial charge in [0, 0.05) is 7.11 Å². The van der Waals surface area contributed by atoms with E-state index < -0.39 is 24.2 Å². The second-order valence-electron chi connectivity index (χ2n) is 5.81. The zero-order valence-corrected chi connectivity index (χ0v) is 13.6. The van der Waals surface area contributed by atoms with Crippen LogP contribution in [0.4, 0.5) is 8.78 Å². The van der Waals surface area contributed by atoms with E-state index in [4.69, 9.17) is 10.5 Å². The molecule has 3 nitrogen and oxygen atoms in total. The second kappa shape index (κ2) is 8.33.